The van der Waals surface area contributed by atoms with Crippen molar-refractivity contribution in [1.82, 2.24) is 4.31 Å². The Hall–Kier alpha value is -0.430. The van der Waals surface area contributed by atoms with E-state index in [1.54, 1.807) is 28.6 Å². The zero-order valence-corrected chi connectivity index (χ0v) is 15.4. The predicted octanol–water partition coefficient (Wildman–Crippen LogP) is 3.42. The summed E-state index contributed by atoms with van der Waals surface area (Å²) in [6, 6.07) is 6.86. The molecule has 0 bridgehead atoms. The number of hydrogen-bond acceptors (Lipinski definition) is 3. The van der Waals surface area contributed by atoms with Crippen molar-refractivity contribution in [1.29, 1.82) is 0 Å². The number of piperidine rings is 1. The van der Waals surface area contributed by atoms with Gasteiger partial charge in [-0.1, -0.05) is 15.9 Å². The van der Waals surface area contributed by atoms with E-state index in [1.165, 1.54) is 0 Å². The monoisotopic (exact) mass is 387 g/mol. The largest absolute Gasteiger partial charge is 0.372 e. The van der Waals surface area contributed by atoms with Crippen LogP contribution in [0.1, 0.15) is 33.1 Å². The van der Waals surface area contributed by atoms with Gasteiger partial charge in [0.25, 0.3) is 0 Å². The zero-order chi connectivity index (χ0) is 16.0. The maximum atomic E-state index is 12.8. The molecule has 2 aliphatic heterocycles. The van der Waals surface area contributed by atoms with E-state index in [2.05, 4.69) is 29.8 Å². The zero-order valence-electron chi connectivity index (χ0n) is 13.0. The number of nitrogens with zero attached hydrogens (tertiary/aromatic N) is 1. The minimum Gasteiger partial charge on any atom is -0.372 e. The van der Waals surface area contributed by atoms with Crippen LogP contribution in [-0.2, 0) is 14.8 Å². The van der Waals surface area contributed by atoms with E-state index in [9.17, 15) is 8.42 Å². The molecule has 1 aromatic carbocycles. The van der Waals surface area contributed by atoms with E-state index in [0.29, 0.717) is 23.9 Å². The molecule has 2 aliphatic rings. The van der Waals surface area contributed by atoms with Gasteiger partial charge in [0, 0.05) is 17.6 Å². The standard InChI is InChI=1S/C16H22BrNO3S/c1-16(2)9-7-12-11-18(10-8-15(12)21-16)22(19,20)14-5-3-13(17)4-6-14/h3-6,12,15H,7-11H2,1-2H3/t12-,15+/m0/s1. The number of hydrogen-bond donors (Lipinski definition) is 0. The van der Waals surface area contributed by atoms with Crippen LogP contribution in [0.2, 0.25) is 0 Å². The first-order valence-electron chi connectivity index (χ1n) is 7.71. The SMILES string of the molecule is CC1(C)CC[C@H]2CN(S(=O)(=O)c3ccc(Br)cc3)CC[C@H]2O1. The minimum atomic E-state index is -3.40. The van der Waals surface area contributed by atoms with Crippen molar-refractivity contribution in [3.05, 3.63) is 28.7 Å². The lowest BCUT2D eigenvalue weighted by atomic mass is 9.83. The quantitative estimate of drug-likeness (QED) is 0.780. The van der Waals surface area contributed by atoms with Crippen LogP contribution in [0.3, 0.4) is 0 Å². The molecule has 0 amide bonds. The molecule has 1 aromatic rings. The van der Waals surface area contributed by atoms with Gasteiger partial charge in [0.05, 0.1) is 16.6 Å². The fraction of sp³-hybridized carbons (Fsp3) is 0.625. The molecule has 0 aliphatic carbocycles. The summed E-state index contributed by atoms with van der Waals surface area (Å²) in [5.74, 6) is 0.312. The Labute approximate surface area is 141 Å². The number of fused-ring (bicyclic) bond motifs is 1. The number of sulfonamides is 1. The highest BCUT2D eigenvalue weighted by molar-refractivity contribution is 9.10. The summed E-state index contributed by atoms with van der Waals surface area (Å²) in [5, 5.41) is 0. The summed E-state index contributed by atoms with van der Waals surface area (Å²) < 4.78 is 34.2. The van der Waals surface area contributed by atoms with Gasteiger partial charge in [-0.2, -0.15) is 4.31 Å². The molecule has 2 atom stereocenters. The highest BCUT2D eigenvalue weighted by Crippen LogP contribution is 2.37. The van der Waals surface area contributed by atoms with Crippen molar-refractivity contribution in [2.75, 3.05) is 13.1 Å². The summed E-state index contributed by atoms with van der Waals surface area (Å²) in [4.78, 5) is 0.367. The Morgan fingerprint density at radius 3 is 2.59 bits per heavy atom. The van der Waals surface area contributed by atoms with E-state index in [1.807, 2.05) is 0 Å². The third-order valence-corrected chi connectivity index (χ3v) is 7.07. The molecular formula is C16H22BrNO3S. The highest BCUT2D eigenvalue weighted by atomic mass is 79.9. The maximum Gasteiger partial charge on any atom is 0.243 e. The van der Waals surface area contributed by atoms with Crippen LogP contribution in [0.4, 0.5) is 0 Å². The van der Waals surface area contributed by atoms with Crippen LogP contribution in [0.25, 0.3) is 0 Å². The molecule has 0 radical (unpaired) electrons. The van der Waals surface area contributed by atoms with E-state index in [4.69, 9.17) is 4.74 Å². The van der Waals surface area contributed by atoms with E-state index in [0.717, 1.165) is 23.7 Å². The molecule has 122 valence electrons. The lowest BCUT2D eigenvalue weighted by Gasteiger charge is -2.46. The molecule has 0 aromatic heterocycles. The fourth-order valence-electron chi connectivity index (χ4n) is 3.39. The summed E-state index contributed by atoms with van der Waals surface area (Å²) >= 11 is 3.34. The Bertz CT molecular complexity index is 642. The second-order valence-electron chi connectivity index (χ2n) is 6.82. The van der Waals surface area contributed by atoms with Crippen molar-refractivity contribution in [3.8, 4) is 0 Å². The number of benzene rings is 1. The molecule has 0 unspecified atom stereocenters. The van der Waals surface area contributed by atoms with Gasteiger partial charge in [0.15, 0.2) is 0 Å². The maximum absolute atomic E-state index is 12.8. The van der Waals surface area contributed by atoms with Gasteiger partial charge in [0.2, 0.25) is 10.0 Å². The number of rotatable bonds is 2. The first-order chi connectivity index (χ1) is 10.3. The second kappa shape index (κ2) is 5.89. The second-order valence-corrected chi connectivity index (χ2v) is 9.67. The number of halogens is 1. The van der Waals surface area contributed by atoms with Crippen molar-refractivity contribution in [2.45, 2.75) is 49.7 Å². The van der Waals surface area contributed by atoms with E-state index >= 15 is 0 Å². The van der Waals surface area contributed by atoms with Gasteiger partial charge in [-0.3, -0.25) is 0 Å². The Morgan fingerprint density at radius 2 is 1.91 bits per heavy atom. The van der Waals surface area contributed by atoms with Gasteiger partial charge in [-0.15, -0.1) is 0 Å². The average molecular weight is 388 g/mol. The summed E-state index contributed by atoms with van der Waals surface area (Å²) in [5.41, 5.74) is -0.0755. The first kappa shape index (κ1) is 16.4. The van der Waals surface area contributed by atoms with Gasteiger partial charge in [-0.05, 0) is 63.3 Å². The van der Waals surface area contributed by atoms with Crippen LogP contribution in [-0.4, -0.2) is 37.5 Å². The predicted molar refractivity (Wildman–Crippen MR) is 89.2 cm³/mol. The van der Waals surface area contributed by atoms with Crippen molar-refractivity contribution < 1.29 is 13.2 Å². The highest BCUT2D eigenvalue weighted by Gasteiger charge is 2.41. The molecule has 0 spiro atoms. The molecule has 6 heteroatoms. The van der Waals surface area contributed by atoms with Gasteiger partial charge < -0.3 is 4.74 Å². The molecule has 0 N–H and O–H groups in total. The molecule has 2 saturated heterocycles. The summed E-state index contributed by atoms with van der Waals surface area (Å²) in [7, 11) is -3.40. The topological polar surface area (TPSA) is 46.6 Å². The fourth-order valence-corrected chi connectivity index (χ4v) is 5.16. The minimum absolute atomic E-state index is 0.0755. The van der Waals surface area contributed by atoms with Crippen LogP contribution in [0, 0.1) is 5.92 Å². The lowest BCUT2D eigenvalue weighted by Crippen LogP contribution is -2.51. The van der Waals surface area contributed by atoms with Crippen molar-refractivity contribution >= 4 is 26.0 Å². The van der Waals surface area contributed by atoms with Crippen LogP contribution >= 0.6 is 15.9 Å². The Morgan fingerprint density at radius 1 is 1.23 bits per heavy atom. The van der Waals surface area contributed by atoms with E-state index < -0.39 is 10.0 Å². The normalized spacial score (nSPS) is 29.0. The summed E-state index contributed by atoms with van der Waals surface area (Å²) in [6.07, 6.45) is 2.99. The van der Waals surface area contributed by atoms with Crippen LogP contribution in [0.5, 0.6) is 0 Å². The van der Waals surface area contributed by atoms with Crippen LogP contribution in [0.15, 0.2) is 33.6 Å². The molecular weight excluding hydrogens is 366 g/mol. The summed E-state index contributed by atoms with van der Waals surface area (Å²) in [6.45, 7) is 5.34. The van der Waals surface area contributed by atoms with Gasteiger partial charge in [-0.25, -0.2) is 8.42 Å². The smallest absolute Gasteiger partial charge is 0.243 e. The third kappa shape index (κ3) is 3.25. The average Bonchev–Trinajstić information content (AvgIpc) is 2.46. The Kier molecular flexibility index (Phi) is 4.40. The molecule has 0 saturated carbocycles. The molecule has 3 rings (SSSR count). The molecule has 2 heterocycles. The van der Waals surface area contributed by atoms with E-state index in [-0.39, 0.29) is 11.7 Å². The van der Waals surface area contributed by atoms with Crippen LogP contribution < -0.4 is 0 Å². The lowest BCUT2D eigenvalue weighted by molar-refractivity contribution is -0.148. The van der Waals surface area contributed by atoms with Gasteiger partial charge in [0.1, 0.15) is 0 Å². The van der Waals surface area contributed by atoms with Crippen molar-refractivity contribution in [3.63, 3.8) is 0 Å². The third-order valence-electron chi connectivity index (χ3n) is 4.67. The molecule has 4 nitrogen and oxygen atoms in total. The Balaban J connectivity index is 1.76. The van der Waals surface area contributed by atoms with Gasteiger partial charge >= 0.3 is 0 Å². The first-order valence-corrected chi connectivity index (χ1v) is 9.95. The van der Waals surface area contributed by atoms with Crippen molar-refractivity contribution in [2.24, 2.45) is 5.92 Å². The molecule has 2 fully saturated rings. The number of ether oxygens (including phenoxy) is 1. The molecule has 22 heavy (non-hydrogen) atoms.